The Labute approximate surface area is 83.4 Å². The molecule has 0 aliphatic carbocycles. The largest absolute Gasteiger partial charge is 1.00 e. The number of urea groups is 1. The van der Waals surface area contributed by atoms with Gasteiger partial charge in [-0.15, -0.1) is 0 Å². The molecule has 0 atom stereocenters. The number of nitrogens with one attached hydrogen (secondary N) is 1. The molecule has 0 aliphatic rings. The summed E-state index contributed by atoms with van der Waals surface area (Å²) >= 11 is 0. The van der Waals surface area contributed by atoms with Crippen molar-refractivity contribution in [1.82, 2.24) is 5.48 Å². The van der Waals surface area contributed by atoms with Crippen LogP contribution in [0.4, 0.5) is 4.79 Å². The van der Waals surface area contributed by atoms with E-state index in [0.29, 0.717) is 0 Å². The zero-order valence-corrected chi connectivity index (χ0v) is 8.55. The number of hydroxylamine groups is 1. The summed E-state index contributed by atoms with van der Waals surface area (Å²) in [6.07, 6.45) is 2.28. The smallest absolute Gasteiger partial charge is 0.350 e. The number of hydrogen-bond acceptors (Lipinski definition) is 2. The van der Waals surface area contributed by atoms with Gasteiger partial charge in [-0.1, -0.05) is 13.3 Å². The Morgan fingerprint density at radius 2 is 2.00 bits per heavy atom. The van der Waals surface area contributed by atoms with Crippen LogP contribution in [0.3, 0.4) is 0 Å². The molecule has 0 spiro atoms. The van der Waals surface area contributed by atoms with Crippen LogP contribution in [0, 0.1) is 6.92 Å². The molecule has 0 fully saturated rings. The first kappa shape index (κ1) is 16.7. The van der Waals surface area contributed by atoms with Crippen LogP contribution in [0.2, 0.25) is 0 Å². The fraction of sp³-hybridized carbons (Fsp3) is 0.600. The van der Waals surface area contributed by atoms with E-state index >= 15 is 0 Å². The van der Waals surface area contributed by atoms with E-state index in [2.05, 4.69) is 19.6 Å². The van der Waals surface area contributed by atoms with Gasteiger partial charge >= 0.3 is 35.6 Å². The molecule has 2 amide bonds. The SMILES string of the molecule is NC(=O)NO.[CH2-]CCC.[Na+]. The maximum absolute atomic E-state index is 9.23. The Balaban J connectivity index is -0.0000000910. The molecule has 4 N–H and O–H groups in total. The van der Waals surface area contributed by atoms with E-state index in [4.69, 9.17) is 5.21 Å². The van der Waals surface area contributed by atoms with Crippen molar-refractivity contribution in [2.24, 2.45) is 5.73 Å². The zero-order valence-electron chi connectivity index (χ0n) is 6.55. The molecule has 0 unspecified atom stereocenters. The first-order chi connectivity index (χ1) is 4.18. The van der Waals surface area contributed by atoms with Crippen molar-refractivity contribution in [3.05, 3.63) is 6.92 Å². The molecule has 5 heteroatoms. The van der Waals surface area contributed by atoms with Crippen molar-refractivity contribution in [3.8, 4) is 0 Å². The van der Waals surface area contributed by atoms with Crippen molar-refractivity contribution in [2.45, 2.75) is 19.8 Å². The summed E-state index contributed by atoms with van der Waals surface area (Å²) in [5.41, 5.74) is 5.46. The van der Waals surface area contributed by atoms with Crippen molar-refractivity contribution < 1.29 is 39.6 Å². The number of hydrogen-bond donors (Lipinski definition) is 3. The third kappa shape index (κ3) is 41.2. The van der Waals surface area contributed by atoms with E-state index in [0.717, 1.165) is 6.42 Å². The Bertz CT molecular complexity index is 68.7. The van der Waals surface area contributed by atoms with E-state index in [9.17, 15) is 4.79 Å². The Morgan fingerprint density at radius 3 is 2.00 bits per heavy atom. The van der Waals surface area contributed by atoms with Gasteiger partial charge in [0, 0.05) is 0 Å². The van der Waals surface area contributed by atoms with Gasteiger partial charge in [0.1, 0.15) is 0 Å². The molecule has 0 radical (unpaired) electrons. The van der Waals surface area contributed by atoms with Crippen LogP contribution in [-0.2, 0) is 0 Å². The van der Waals surface area contributed by atoms with Gasteiger partial charge in [-0.05, 0) is 0 Å². The fourth-order valence-electron chi connectivity index (χ4n) is 0. The quantitative estimate of drug-likeness (QED) is 0.172. The number of nitrogens with two attached hydrogens (primary N) is 1. The third-order valence-electron chi connectivity index (χ3n) is 0.464. The van der Waals surface area contributed by atoms with Crippen LogP contribution in [-0.4, -0.2) is 11.2 Å². The molecule has 4 nitrogen and oxygen atoms in total. The maximum Gasteiger partial charge on any atom is 1.00 e. The van der Waals surface area contributed by atoms with Gasteiger partial charge in [0.05, 0.1) is 0 Å². The molecule has 0 aromatic rings. The van der Waals surface area contributed by atoms with E-state index < -0.39 is 6.03 Å². The average molecular weight is 156 g/mol. The molecule has 0 rings (SSSR count). The summed E-state index contributed by atoms with van der Waals surface area (Å²) in [6, 6.07) is -0.940. The molecule has 0 aliphatic heterocycles. The van der Waals surface area contributed by atoms with Crippen molar-refractivity contribution in [2.75, 3.05) is 0 Å². The van der Waals surface area contributed by atoms with Crippen LogP contribution in [0.5, 0.6) is 0 Å². The fourth-order valence-corrected chi connectivity index (χ4v) is 0. The predicted molar refractivity (Wildman–Crippen MR) is 34.8 cm³/mol. The number of amides is 2. The molecule has 56 valence electrons. The summed E-state index contributed by atoms with van der Waals surface area (Å²) in [5.74, 6) is 0. The van der Waals surface area contributed by atoms with Crippen molar-refractivity contribution in [1.29, 1.82) is 0 Å². The van der Waals surface area contributed by atoms with Gasteiger partial charge in [-0.2, -0.15) is 6.42 Å². The van der Waals surface area contributed by atoms with Crippen LogP contribution < -0.4 is 40.8 Å². The first-order valence-corrected chi connectivity index (χ1v) is 2.67. The monoisotopic (exact) mass is 156 g/mol. The first-order valence-electron chi connectivity index (χ1n) is 2.67. The van der Waals surface area contributed by atoms with Crippen LogP contribution in [0.25, 0.3) is 0 Å². The van der Waals surface area contributed by atoms with Gasteiger partial charge in [-0.3, -0.25) is 5.21 Å². The molecule has 10 heavy (non-hydrogen) atoms. The Hall–Kier alpha value is 0.230. The van der Waals surface area contributed by atoms with Crippen molar-refractivity contribution in [3.63, 3.8) is 0 Å². The summed E-state index contributed by atoms with van der Waals surface area (Å²) in [6.45, 7) is 5.72. The van der Waals surface area contributed by atoms with Gasteiger partial charge in [-0.25, -0.2) is 10.3 Å². The van der Waals surface area contributed by atoms with E-state index in [1.165, 1.54) is 11.9 Å². The normalized spacial score (nSPS) is 6.30. The number of carbonyl (C=O) groups excluding carboxylic acids is 1. The van der Waals surface area contributed by atoms with Gasteiger partial charge in [0.15, 0.2) is 0 Å². The number of unbranched alkanes of at least 4 members (excludes halogenated alkanes) is 1. The maximum atomic E-state index is 9.23. The van der Waals surface area contributed by atoms with Gasteiger partial charge in [0.25, 0.3) is 0 Å². The van der Waals surface area contributed by atoms with Gasteiger partial charge in [0.2, 0.25) is 0 Å². The van der Waals surface area contributed by atoms with Crippen LogP contribution >= 0.6 is 0 Å². The minimum absolute atomic E-state index is 0. The minimum atomic E-state index is -0.940. The van der Waals surface area contributed by atoms with E-state index in [1.54, 1.807) is 0 Å². The van der Waals surface area contributed by atoms with Crippen molar-refractivity contribution >= 4 is 6.03 Å². The second kappa shape index (κ2) is 16.1. The molecular weight excluding hydrogens is 143 g/mol. The number of carbonyl (C=O) groups is 1. The topological polar surface area (TPSA) is 75.4 Å². The number of rotatable bonds is 1. The molecule has 0 heterocycles. The number of primary amides is 1. The molecule has 0 saturated heterocycles. The molecule has 0 bridgehead atoms. The van der Waals surface area contributed by atoms with E-state index in [-0.39, 0.29) is 29.6 Å². The Kier molecular flexibility index (Phi) is 26.9. The summed E-state index contributed by atoms with van der Waals surface area (Å²) in [5, 5.41) is 7.42. The predicted octanol–water partition coefficient (Wildman–Crippen LogP) is -2.33. The third-order valence-corrected chi connectivity index (χ3v) is 0.464. The van der Waals surface area contributed by atoms with Crippen LogP contribution in [0.15, 0.2) is 0 Å². The second-order valence-electron chi connectivity index (χ2n) is 1.33. The van der Waals surface area contributed by atoms with Crippen LogP contribution in [0.1, 0.15) is 19.8 Å². The molecular formula is C5H13N2NaO2. The summed E-state index contributed by atoms with van der Waals surface area (Å²) < 4.78 is 0. The second-order valence-corrected chi connectivity index (χ2v) is 1.33. The van der Waals surface area contributed by atoms with E-state index in [1.807, 2.05) is 0 Å². The molecule has 0 aromatic heterocycles. The standard InChI is InChI=1S/C4H9.CH4N2O2.Na/c1-3-4-2;2-1(4)3-5;/h1,3-4H2,2H3;5H,(H3,2,3,4);/q-1;;+1. The molecule has 0 saturated carbocycles. The zero-order chi connectivity index (χ0) is 7.70. The molecule has 0 aromatic carbocycles. The minimum Gasteiger partial charge on any atom is -0.350 e. The Morgan fingerprint density at radius 1 is 1.80 bits per heavy atom. The van der Waals surface area contributed by atoms with Gasteiger partial charge < -0.3 is 12.7 Å². The summed E-state index contributed by atoms with van der Waals surface area (Å²) in [4.78, 5) is 9.23. The summed E-state index contributed by atoms with van der Waals surface area (Å²) in [7, 11) is 0. The average Bonchev–Trinajstić information content (AvgIpc) is 1.89.